The minimum absolute atomic E-state index is 0.264. The third kappa shape index (κ3) is 3.92. The number of benzene rings is 1. The quantitative estimate of drug-likeness (QED) is 0.886. The molecule has 2 N–H and O–H groups in total. The Kier molecular flexibility index (Phi) is 4.92. The first-order chi connectivity index (χ1) is 10.4. The molecule has 0 aliphatic carbocycles. The van der Waals surface area contributed by atoms with E-state index in [0.29, 0.717) is 11.1 Å². The van der Waals surface area contributed by atoms with Gasteiger partial charge in [-0.15, -0.1) is 11.3 Å². The molecule has 2 aromatic rings. The summed E-state index contributed by atoms with van der Waals surface area (Å²) in [7, 11) is 0. The zero-order chi connectivity index (χ0) is 16.3. The molecule has 116 valence electrons. The Balaban J connectivity index is 2.23. The minimum Gasteiger partial charge on any atom is -0.481 e. The summed E-state index contributed by atoms with van der Waals surface area (Å²) in [5, 5.41) is 11.7. The van der Waals surface area contributed by atoms with E-state index < -0.39 is 17.8 Å². The number of rotatable bonds is 5. The van der Waals surface area contributed by atoms with Crippen molar-refractivity contribution >= 4 is 23.2 Å². The van der Waals surface area contributed by atoms with E-state index in [0.717, 1.165) is 9.75 Å². The third-order valence-corrected chi connectivity index (χ3v) is 4.21. The lowest BCUT2D eigenvalue weighted by Crippen LogP contribution is -2.30. The van der Waals surface area contributed by atoms with Gasteiger partial charge in [0.25, 0.3) is 5.91 Å². The lowest BCUT2D eigenvalue weighted by molar-refractivity contribution is -0.137. The van der Waals surface area contributed by atoms with Crippen LogP contribution >= 0.6 is 11.3 Å². The van der Waals surface area contributed by atoms with Crippen LogP contribution in [-0.2, 0) is 4.79 Å². The van der Waals surface area contributed by atoms with E-state index >= 15 is 0 Å². The molecule has 1 aromatic carbocycles. The number of nitrogens with one attached hydrogen (secondary N) is 1. The highest BCUT2D eigenvalue weighted by atomic mass is 32.1. The highest BCUT2D eigenvalue weighted by Gasteiger charge is 2.20. The monoisotopic (exact) mass is 321 g/mol. The molecule has 2 rings (SSSR count). The molecule has 1 atom stereocenters. The SMILES string of the molecule is Cc1cc(C(=O)NC(CC(=O)O)c2ccc(F)cc2)c(C)s1. The summed E-state index contributed by atoms with van der Waals surface area (Å²) < 4.78 is 13.0. The fourth-order valence-corrected chi connectivity index (χ4v) is 3.14. The Bertz CT molecular complexity index is 694. The normalized spacial score (nSPS) is 12.0. The molecule has 1 aromatic heterocycles. The summed E-state index contributed by atoms with van der Waals surface area (Å²) in [5.74, 6) is -1.77. The van der Waals surface area contributed by atoms with Gasteiger partial charge in [0.1, 0.15) is 5.82 Å². The predicted octanol–water partition coefficient (Wildman–Crippen LogP) is 3.45. The second kappa shape index (κ2) is 6.70. The molecule has 0 fully saturated rings. The third-order valence-electron chi connectivity index (χ3n) is 3.24. The second-order valence-corrected chi connectivity index (χ2v) is 6.46. The largest absolute Gasteiger partial charge is 0.481 e. The van der Waals surface area contributed by atoms with E-state index in [1.54, 1.807) is 6.07 Å². The lowest BCUT2D eigenvalue weighted by Gasteiger charge is -2.17. The van der Waals surface area contributed by atoms with Crippen molar-refractivity contribution in [3.63, 3.8) is 0 Å². The summed E-state index contributed by atoms with van der Waals surface area (Å²) in [6.45, 7) is 3.75. The van der Waals surface area contributed by atoms with Gasteiger partial charge in [0, 0.05) is 9.75 Å². The van der Waals surface area contributed by atoms with Crippen LogP contribution in [0.2, 0.25) is 0 Å². The molecular weight excluding hydrogens is 305 g/mol. The van der Waals surface area contributed by atoms with Gasteiger partial charge >= 0.3 is 5.97 Å². The summed E-state index contributed by atoms with van der Waals surface area (Å²) in [6, 6.07) is 6.53. The van der Waals surface area contributed by atoms with E-state index in [9.17, 15) is 14.0 Å². The fourth-order valence-electron chi connectivity index (χ4n) is 2.21. The van der Waals surface area contributed by atoms with Crippen molar-refractivity contribution in [3.05, 3.63) is 57.0 Å². The number of aliphatic carboxylic acids is 1. The average Bonchev–Trinajstić information content (AvgIpc) is 2.77. The molecule has 22 heavy (non-hydrogen) atoms. The molecule has 0 aliphatic rings. The number of amides is 1. The van der Waals surface area contributed by atoms with E-state index in [2.05, 4.69) is 5.32 Å². The Morgan fingerprint density at radius 2 is 1.91 bits per heavy atom. The van der Waals surface area contributed by atoms with Gasteiger partial charge in [-0.1, -0.05) is 12.1 Å². The maximum atomic E-state index is 13.0. The lowest BCUT2D eigenvalue weighted by atomic mass is 10.0. The maximum Gasteiger partial charge on any atom is 0.305 e. The van der Waals surface area contributed by atoms with Crippen molar-refractivity contribution in [2.75, 3.05) is 0 Å². The van der Waals surface area contributed by atoms with E-state index in [1.807, 2.05) is 13.8 Å². The van der Waals surface area contributed by atoms with E-state index in [1.165, 1.54) is 35.6 Å². The van der Waals surface area contributed by atoms with Gasteiger partial charge in [0.2, 0.25) is 0 Å². The van der Waals surface area contributed by atoms with Gasteiger partial charge in [-0.3, -0.25) is 9.59 Å². The first kappa shape index (κ1) is 16.2. The van der Waals surface area contributed by atoms with Crippen LogP contribution in [0, 0.1) is 19.7 Å². The van der Waals surface area contributed by atoms with Crippen LogP contribution in [0.5, 0.6) is 0 Å². The summed E-state index contributed by atoms with van der Waals surface area (Å²) >= 11 is 1.51. The average molecular weight is 321 g/mol. The zero-order valence-electron chi connectivity index (χ0n) is 12.2. The molecule has 0 spiro atoms. The Morgan fingerprint density at radius 3 is 2.41 bits per heavy atom. The number of carboxylic acids is 1. The van der Waals surface area contributed by atoms with Gasteiger partial charge in [-0.05, 0) is 37.6 Å². The second-order valence-electron chi connectivity index (χ2n) is 5.00. The highest BCUT2D eigenvalue weighted by molar-refractivity contribution is 7.12. The van der Waals surface area contributed by atoms with Crippen molar-refractivity contribution in [3.8, 4) is 0 Å². The van der Waals surface area contributed by atoms with Crippen molar-refractivity contribution in [2.24, 2.45) is 0 Å². The van der Waals surface area contributed by atoms with Gasteiger partial charge in [-0.25, -0.2) is 4.39 Å². The van der Waals surface area contributed by atoms with Crippen LogP contribution < -0.4 is 5.32 Å². The van der Waals surface area contributed by atoms with Crippen molar-refractivity contribution in [1.29, 1.82) is 0 Å². The molecule has 0 bridgehead atoms. The molecular formula is C16H16FNO3S. The summed E-state index contributed by atoms with van der Waals surface area (Å²) in [4.78, 5) is 25.2. The minimum atomic E-state index is -1.03. The number of hydrogen-bond acceptors (Lipinski definition) is 3. The first-order valence-corrected chi connectivity index (χ1v) is 7.53. The Hall–Kier alpha value is -2.21. The molecule has 6 heteroatoms. The van der Waals surface area contributed by atoms with Gasteiger partial charge in [-0.2, -0.15) is 0 Å². The summed E-state index contributed by atoms with van der Waals surface area (Å²) in [6.07, 6.45) is -0.264. The van der Waals surface area contributed by atoms with Crippen molar-refractivity contribution < 1.29 is 19.1 Å². The fraction of sp³-hybridized carbons (Fsp3) is 0.250. The van der Waals surface area contributed by atoms with Gasteiger partial charge in [0.15, 0.2) is 0 Å². The Labute approximate surface area is 131 Å². The number of carbonyl (C=O) groups excluding carboxylic acids is 1. The highest BCUT2D eigenvalue weighted by Crippen LogP contribution is 2.23. The molecule has 1 amide bonds. The predicted molar refractivity (Wildman–Crippen MR) is 82.7 cm³/mol. The van der Waals surface area contributed by atoms with Crippen LogP contribution in [0.15, 0.2) is 30.3 Å². The molecule has 1 unspecified atom stereocenters. The van der Waals surface area contributed by atoms with Crippen LogP contribution in [0.1, 0.15) is 38.1 Å². The smallest absolute Gasteiger partial charge is 0.305 e. The summed E-state index contributed by atoms with van der Waals surface area (Å²) in [5.41, 5.74) is 1.10. The molecule has 4 nitrogen and oxygen atoms in total. The number of carbonyl (C=O) groups is 2. The van der Waals surface area contributed by atoms with E-state index in [4.69, 9.17) is 5.11 Å². The standard InChI is InChI=1S/C16H16FNO3S/c1-9-7-13(10(2)22-9)16(21)18-14(8-15(19)20)11-3-5-12(17)6-4-11/h3-7,14H,8H2,1-2H3,(H,18,21)(H,19,20). The van der Waals surface area contributed by atoms with Crippen molar-refractivity contribution in [2.45, 2.75) is 26.3 Å². The number of halogens is 1. The molecule has 0 aliphatic heterocycles. The molecule has 1 heterocycles. The molecule has 0 saturated carbocycles. The van der Waals surface area contributed by atoms with E-state index in [-0.39, 0.29) is 12.3 Å². The first-order valence-electron chi connectivity index (χ1n) is 6.72. The molecule has 0 radical (unpaired) electrons. The van der Waals surface area contributed by atoms with Crippen LogP contribution in [0.25, 0.3) is 0 Å². The van der Waals surface area contributed by atoms with Crippen LogP contribution in [0.4, 0.5) is 4.39 Å². The number of hydrogen-bond donors (Lipinski definition) is 2. The Morgan fingerprint density at radius 1 is 1.27 bits per heavy atom. The van der Waals surface area contributed by atoms with Crippen LogP contribution in [-0.4, -0.2) is 17.0 Å². The zero-order valence-corrected chi connectivity index (χ0v) is 13.0. The number of thiophene rings is 1. The number of carboxylic acid groups (broad SMARTS) is 1. The van der Waals surface area contributed by atoms with Gasteiger partial charge in [0.05, 0.1) is 18.0 Å². The maximum absolute atomic E-state index is 13.0. The van der Waals surface area contributed by atoms with Crippen LogP contribution in [0.3, 0.4) is 0 Å². The number of aryl methyl sites for hydroxylation is 2. The molecule has 0 saturated heterocycles. The van der Waals surface area contributed by atoms with Gasteiger partial charge < -0.3 is 10.4 Å². The van der Waals surface area contributed by atoms with Crippen molar-refractivity contribution in [1.82, 2.24) is 5.32 Å². The topological polar surface area (TPSA) is 66.4 Å².